The van der Waals surface area contributed by atoms with Gasteiger partial charge >= 0.3 is 0 Å². The van der Waals surface area contributed by atoms with Crippen LogP contribution in [-0.4, -0.2) is 60.5 Å². The number of likely N-dealkylation sites (tertiary alicyclic amines) is 1. The quantitative estimate of drug-likeness (QED) is 0.577. The molecule has 3 heterocycles. The highest BCUT2D eigenvalue weighted by atomic mass is 127. The van der Waals surface area contributed by atoms with Crippen molar-refractivity contribution in [2.75, 3.05) is 26.4 Å². The molecule has 0 saturated carbocycles. The first-order valence-corrected chi connectivity index (χ1v) is 8.90. The molecule has 3 fully saturated rings. The Balaban J connectivity index is 0.00000182. The summed E-state index contributed by atoms with van der Waals surface area (Å²) < 4.78 is 5.43. The molecule has 0 amide bonds. The van der Waals surface area contributed by atoms with Gasteiger partial charge in [0.25, 0.3) is 0 Å². The van der Waals surface area contributed by atoms with Crippen molar-refractivity contribution >= 4 is 29.9 Å². The van der Waals surface area contributed by atoms with Gasteiger partial charge in [0.15, 0.2) is 5.96 Å². The highest BCUT2D eigenvalue weighted by Crippen LogP contribution is 2.22. The summed E-state index contributed by atoms with van der Waals surface area (Å²) in [5, 5.41) is 16.3. The molecule has 138 valence electrons. The van der Waals surface area contributed by atoms with Crippen LogP contribution in [0.15, 0.2) is 29.3 Å². The van der Waals surface area contributed by atoms with Crippen LogP contribution in [0, 0.1) is 0 Å². The molecule has 3 N–H and O–H groups in total. The summed E-state index contributed by atoms with van der Waals surface area (Å²) in [6.07, 6.45) is 2.27. The van der Waals surface area contributed by atoms with Gasteiger partial charge in [0, 0.05) is 12.6 Å². The zero-order chi connectivity index (χ0) is 16.4. The zero-order valence-corrected chi connectivity index (χ0v) is 16.7. The molecule has 0 bridgehead atoms. The van der Waals surface area contributed by atoms with Crippen LogP contribution in [0.5, 0.6) is 0 Å². The van der Waals surface area contributed by atoms with Crippen LogP contribution < -0.4 is 10.6 Å². The second-order valence-electron chi connectivity index (χ2n) is 6.92. The van der Waals surface area contributed by atoms with Gasteiger partial charge in [-0.3, -0.25) is 4.90 Å². The van der Waals surface area contributed by atoms with Gasteiger partial charge in [-0.2, -0.15) is 0 Å². The van der Waals surface area contributed by atoms with Crippen LogP contribution in [-0.2, 0) is 17.8 Å². The Morgan fingerprint density at radius 3 is 2.60 bits per heavy atom. The largest absolute Gasteiger partial charge is 0.395 e. The SMILES string of the molecule is I.OCC1CCCN1Cc1ccccc1CN=C1N[C@H]2COC[C@H]2N1. The predicted octanol–water partition coefficient (Wildman–Crippen LogP) is 1.08. The Morgan fingerprint density at radius 2 is 1.88 bits per heavy atom. The summed E-state index contributed by atoms with van der Waals surface area (Å²) >= 11 is 0. The van der Waals surface area contributed by atoms with E-state index < -0.39 is 0 Å². The van der Waals surface area contributed by atoms with E-state index >= 15 is 0 Å². The maximum Gasteiger partial charge on any atom is 0.192 e. The number of nitrogens with one attached hydrogen (secondary N) is 2. The van der Waals surface area contributed by atoms with Crippen LogP contribution in [0.25, 0.3) is 0 Å². The van der Waals surface area contributed by atoms with Crippen molar-refractivity contribution in [2.45, 2.75) is 44.1 Å². The van der Waals surface area contributed by atoms with Gasteiger partial charge < -0.3 is 20.5 Å². The number of fused-ring (bicyclic) bond motifs is 1. The lowest BCUT2D eigenvalue weighted by Crippen LogP contribution is -2.32. The average molecular weight is 458 g/mol. The lowest BCUT2D eigenvalue weighted by Gasteiger charge is -2.23. The fraction of sp³-hybridized carbons (Fsp3) is 0.611. The summed E-state index contributed by atoms with van der Waals surface area (Å²) in [6.45, 7) is 4.40. The summed E-state index contributed by atoms with van der Waals surface area (Å²) in [7, 11) is 0. The van der Waals surface area contributed by atoms with Crippen molar-refractivity contribution in [3.05, 3.63) is 35.4 Å². The van der Waals surface area contributed by atoms with Crippen LogP contribution in [0.3, 0.4) is 0 Å². The first kappa shape index (κ1) is 18.9. The Bertz CT molecular complexity index is 598. The predicted molar refractivity (Wildman–Crippen MR) is 108 cm³/mol. The number of ether oxygens (including phenoxy) is 1. The maximum atomic E-state index is 9.52. The smallest absolute Gasteiger partial charge is 0.192 e. The van der Waals surface area contributed by atoms with Gasteiger partial charge in [-0.25, -0.2) is 4.99 Å². The lowest BCUT2D eigenvalue weighted by atomic mass is 10.1. The van der Waals surface area contributed by atoms with E-state index in [2.05, 4.69) is 39.8 Å². The third-order valence-electron chi connectivity index (χ3n) is 5.33. The number of aliphatic hydroxyl groups is 1. The number of aliphatic hydroxyl groups excluding tert-OH is 1. The Morgan fingerprint density at radius 1 is 1.16 bits per heavy atom. The maximum absolute atomic E-state index is 9.52. The number of guanidine groups is 1. The molecular weight excluding hydrogens is 431 g/mol. The number of nitrogens with zero attached hydrogens (tertiary/aromatic N) is 2. The van der Waals surface area contributed by atoms with Crippen LogP contribution in [0.2, 0.25) is 0 Å². The Kier molecular flexibility index (Phi) is 6.54. The molecule has 1 aromatic rings. The summed E-state index contributed by atoms with van der Waals surface area (Å²) in [5.41, 5.74) is 2.56. The molecule has 4 rings (SSSR count). The summed E-state index contributed by atoms with van der Waals surface area (Å²) in [5.74, 6) is 0.887. The number of hydrogen-bond donors (Lipinski definition) is 3. The van der Waals surface area contributed by atoms with Gasteiger partial charge in [0.1, 0.15) is 0 Å². The van der Waals surface area contributed by atoms with Crippen molar-refractivity contribution in [1.29, 1.82) is 0 Å². The topological polar surface area (TPSA) is 69.1 Å². The van der Waals surface area contributed by atoms with Gasteiger partial charge in [0.2, 0.25) is 0 Å². The first-order valence-electron chi connectivity index (χ1n) is 8.90. The van der Waals surface area contributed by atoms with E-state index in [0.29, 0.717) is 24.7 Å². The van der Waals surface area contributed by atoms with E-state index in [1.54, 1.807) is 0 Å². The van der Waals surface area contributed by atoms with E-state index in [-0.39, 0.29) is 30.6 Å². The number of halogens is 1. The van der Waals surface area contributed by atoms with Crippen LogP contribution in [0.4, 0.5) is 0 Å². The summed E-state index contributed by atoms with van der Waals surface area (Å²) in [6, 6.07) is 9.52. The Labute approximate surface area is 166 Å². The molecule has 1 aromatic carbocycles. The Hall–Kier alpha value is -0.900. The van der Waals surface area contributed by atoms with E-state index in [1.807, 2.05) is 0 Å². The molecule has 0 aliphatic carbocycles. The molecule has 0 spiro atoms. The average Bonchev–Trinajstić information content (AvgIpc) is 3.29. The minimum Gasteiger partial charge on any atom is -0.395 e. The lowest BCUT2D eigenvalue weighted by molar-refractivity contribution is 0.153. The molecule has 3 aliphatic heterocycles. The molecule has 3 atom stereocenters. The zero-order valence-electron chi connectivity index (χ0n) is 14.4. The normalized spacial score (nSPS) is 30.0. The van der Waals surface area contributed by atoms with E-state index in [4.69, 9.17) is 9.73 Å². The van der Waals surface area contributed by atoms with Gasteiger partial charge in [-0.1, -0.05) is 24.3 Å². The molecule has 7 heteroatoms. The first-order chi connectivity index (χ1) is 11.8. The van der Waals surface area contributed by atoms with E-state index in [0.717, 1.165) is 38.7 Å². The van der Waals surface area contributed by atoms with Gasteiger partial charge in [-0.15, -0.1) is 24.0 Å². The molecule has 0 aromatic heterocycles. The number of rotatable bonds is 5. The second-order valence-corrected chi connectivity index (χ2v) is 6.92. The fourth-order valence-electron chi connectivity index (χ4n) is 3.88. The third-order valence-corrected chi connectivity index (χ3v) is 5.33. The molecular formula is C18H27IN4O2. The molecule has 0 radical (unpaired) electrons. The fourth-order valence-corrected chi connectivity index (χ4v) is 3.88. The van der Waals surface area contributed by atoms with Crippen molar-refractivity contribution < 1.29 is 9.84 Å². The number of hydrogen-bond acceptors (Lipinski definition) is 4. The van der Waals surface area contributed by atoms with Crippen molar-refractivity contribution in [2.24, 2.45) is 4.99 Å². The van der Waals surface area contributed by atoms with Crippen molar-refractivity contribution in [1.82, 2.24) is 15.5 Å². The minimum atomic E-state index is 0. The molecule has 6 nitrogen and oxygen atoms in total. The van der Waals surface area contributed by atoms with Gasteiger partial charge in [-0.05, 0) is 30.5 Å². The standard InChI is InChI=1S/C18H26N4O2.HI/c23-10-15-6-3-7-22(15)9-14-5-2-1-4-13(14)8-19-18-20-16-11-24-12-17(16)21-18;/h1-2,4-5,15-17,23H,3,6-12H2,(H2,19,20,21);1H/t15?,16-,17+;. The van der Waals surface area contributed by atoms with Crippen molar-refractivity contribution in [3.63, 3.8) is 0 Å². The monoisotopic (exact) mass is 458 g/mol. The molecule has 3 aliphatic rings. The molecule has 25 heavy (non-hydrogen) atoms. The minimum absolute atomic E-state index is 0. The third kappa shape index (κ3) is 4.27. The number of benzene rings is 1. The van der Waals surface area contributed by atoms with Crippen LogP contribution >= 0.6 is 24.0 Å². The molecule has 1 unspecified atom stereocenters. The van der Waals surface area contributed by atoms with Crippen LogP contribution in [0.1, 0.15) is 24.0 Å². The van der Waals surface area contributed by atoms with Crippen molar-refractivity contribution in [3.8, 4) is 0 Å². The molecule has 3 saturated heterocycles. The number of aliphatic imine (C=N–C) groups is 1. The highest BCUT2D eigenvalue weighted by molar-refractivity contribution is 14.0. The second kappa shape index (κ2) is 8.66. The van der Waals surface area contributed by atoms with E-state index in [1.165, 1.54) is 17.5 Å². The van der Waals surface area contributed by atoms with Gasteiger partial charge in [0.05, 0.1) is 38.4 Å². The summed E-state index contributed by atoms with van der Waals surface area (Å²) in [4.78, 5) is 7.11. The highest BCUT2D eigenvalue weighted by Gasteiger charge is 2.35. The van der Waals surface area contributed by atoms with E-state index in [9.17, 15) is 5.11 Å².